The topological polar surface area (TPSA) is 51.0 Å². The number of alkyl halides is 3. The third-order valence-electron chi connectivity index (χ3n) is 3.97. The molecule has 0 aliphatic rings. The van der Waals surface area contributed by atoms with Gasteiger partial charge in [-0.05, 0) is 73.5 Å². The monoisotopic (exact) mass is 368 g/mol. The molecule has 3 aromatic rings. The molecule has 0 aliphatic carbocycles. The summed E-state index contributed by atoms with van der Waals surface area (Å²) in [7, 11) is 0. The lowest BCUT2D eigenvalue weighted by atomic mass is 10.0. The van der Waals surface area contributed by atoms with Gasteiger partial charge in [-0.25, -0.2) is 0 Å². The summed E-state index contributed by atoms with van der Waals surface area (Å²) in [6, 6.07) is 6.50. The third kappa shape index (κ3) is 4.16. The molecule has 0 bridgehead atoms. The van der Waals surface area contributed by atoms with Crippen LogP contribution in [0.1, 0.15) is 24.0 Å². The van der Waals surface area contributed by atoms with Crippen molar-refractivity contribution in [1.29, 1.82) is 0 Å². The van der Waals surface area contributed by atoms with Crippen molar-refractivity contribution in [3.63, 3.8) is 0 Å². The molecule has 0 fully saturated rings. The number of hydrogen-bond acceptors (Lipinski definition) is 3. The molecule has 0 saturated heterocycles. The number of aromatic amines is 1. The number of unbranched alkanes of at least 4 members (excludes halogenated alkanes) is 1. The summed E-state index contributed by atoms with van der Waals surface area (Å²) in [4.78, 5) is 4.43. The predicted octanol–water partition coefficient (Wildman–Crippen LogP) is 5.38. The number of nitrogens with one attached hydrogen (secondary N) is 1. The van der Waals surface area contributed by atoms with E-state index in [4.69, 9.17) is 5.73 Å². The Balaban J connectivity index is 2.06. The van der Waals surface area contributed by atoms with Crippen molar-refractivity contribution in [2.24, 2.45) is 5.73 Å². The van der Waals surface area contributed by atoms with Crippen molar-refractivity contribution in [2.45, 2.75) is 32.5 Å². The minimum atomic E-state index is -4.70. The highest BCUT2D eigenvalue weighted by atomic mass is 32.1. The molecule has 0 atom stereocenters. The van der Waals surface area contributed by atoms with E-state index in [2.05, 4.69) is 21.2 Å². The van der Waals surface area contributed by atoms with Gasteiger partial charge in [-0.3, -0.25) is 0 Å². The summed E-state index contributed by atoms with van der Waals surface area (Å²) in [6.45, 7) is 2.62. The first-order chi connectivity index (χ1) is 11.9. The third-order valence-corrected chi connectivity index (χ3v) is 5.03. The molecule has 1 aromatic carbocycles. The molecule has 134 valence electrons. The molecular weight excluding hydrogens is 349 g/mol. The number of ether oxygens (including phenoxy) is 1. The first-order valence-electron chi connectivity index (χ1n) is 8.03. The summed E-state index contributed by atoms with van der Waals surface area (Å²) in [5.74, 6) is -0.201. The van der Waals surface area contributed by atoms with Crippen LogP contribution in [-0.2, 0) is 6.42 Å². The molecular formula is C18H19F3N2OS. The Morgan fingerprint density at radius 2 is 2.00 bits per heavy atom. The fourth-order valence-corrected chi connectivity index (χ4v) is 3.83. The highest BCUT2D eigenvalue weighted by Crippen LogP contribution is 2.37. The first-order valence-corrected chi connectivity index (χ1v) is 8.91. The van der Waals surface area contributed by atoms with Crippen LogP contribution < -0.4 is 10.5 Å². The summed E-state index contributed by atoms with van der Waals surface area (Å²) in [5, 5.41) is 2.82. The zero-order valence-electron chi connectivity index (χ0n) is 13.7. The second-order valence-corrected chi connectivity index (χ2v) is 6.88. The number of rotatable bonds is 6. The zero-order valence-corrected chi connectivity index (χ0v) is 14.6. The molecule has 0 saturated carbocycles. The van der Waals surface area contributed by atoms with Crippen molar-refractivity contribution in [3.05, 3.63) is 40.8 Å². The second kappa shape index (κ2) is 7.09. The van der Waals surface area contributed by atoms with E-state index < -0.39 is 6.36 Å². The van der Waals surface area contributed by atoms with Gasteiger partial charge in [0.15, 0.2) is 0 Å². The number of aryl methyl sites for hydroxylation is 2. The number of benzene rings is 1. The Morgan fingerprint density at radius 1 is 1.20 bits per heavy atom. The smallest absolute Gasteiger partial charge is 0.406 e. The van der Waals surface area contributed by atoms with Gasteiger partial charge in [0.25, 0.3) is 0 Å². The van der Waals surface area contributed by atoms with Gasteiger partial charge in [-0.2, -0.15) is 0 Å². The zero-order chi connectivity index (χ0) is 18.0. The largest absolute Gasteiger partial charge is 0.573 e. The van der Waals surface area contributed by atoms with Crippen LogP contribution in [-0.4, -0.2) is 17.9 Å². The number of thiophene rings is 1. The highest BCUT2D eigenvalue weighted by Gasteiger charge is 2.31. The normalized spacial score (nSPS) is 12.0. The number of H-pyrrole nitrogens is 1. The fraction of sp³-hybridized carbons (Fsp3) is 0.333. The predicted molar refractivity (Wildman–Crippen MR) is 95.0 cm³/mol. The summed E-state index contributed by atoms with van der Waals surface area (Å²) >= 11 is 1.62. The van der Waals surface area contributed by atoms with Gasteiger partial charge in [-0.15, -0.1) is 24.5 Å². The van der Waals surface area contributed by atoms with Gasteiger partial charge in [-0.1, -0.05) is 0 Å². The average molecular weight is 368 g/mol. The molecule has 3 nitrogen and oxygen atoms in total. The Morgan fingerprint density at radius 3 is 2.64 bits per heavy atom. The van der Waals surface area contributed by atoms with E-state index >= 15 is 0 Å². The fourth-order valence-electron chi connectivity index (χ4n) is 2.90. The van der Waals surface area contributed by atoms with E-state index in [-0.39, 0.29) is 5.75 Å². The van der Waals surface area contributed by atoms with Crippen molar-refractivity contribution in [1.82, 2.24) is 4.98 Å². The van der Waals surface area contributed by atoms with Crippen LogP contribution >= 0.6 is 11.3 Å². The molecule has 3 N–H and O–H groups in total. The van der Waals surface area contributed by atoms with E-state index in [1.165, 1.54) is 12.1 Å². The molecule has 0 spiro atoms. The Labute approximate surface area is 147 Å². The maximum absolute atomic E-state index is 12.5. The number of fused-ring (bicyclic) bond motifs is 1. The van der Waals surface area contributed by atoms with Crippen molar-refractivity contribution < 1.29 is 17.9 Å². The molecule has 2 heterocycles. The standard InChI is InChI=1S/C18H19F3N2OS/c1-11-8-16(25-10-11)17-13(4-2-3-7-22)14-9-12(24-18(19,20)21)5-6-15(14)23-17/h5-6,8-10,23H,2-4,7,22H2,1H3. The van der Waals surface area contributed by atoms with Gasteiger partial charge < -0.3 is 15.5 Å². The van der Waals surface area contributed by atoms with Crippen LogP contribution in [0.15, 0.2) is 29.6 Å². The summed E-state index contributed by atoms with van der Waals surface area (Å²) in [5.41, 5.74) is 9.52. The van der Waals surface area contributed by atoms with Crippen LogP contribution in [0.25, 0.3) is 21.5 Å². The quantitative estimate of drug-likeness (QED) is 0.574. The second-order valence-electron chi connectivity index (χ2n) is 5.97. The molecule has 25 heavy (non-hydrogen) atoms. The van der Waals surface area contributed by atoms with Gasteiger partial charge >= 0.3 is 6.36 Å². The van der Waals surface area contributed by atoms with E-state index in [1.807, 2.05) is 6.92 Å². The van der Waals surface area contributed by atoms with Gasteiger partial charge in [0, 0.05) is 10.9 Å². The minimum Gasteiger partial charge on any atom is -0.406 e. The van der Waals surface area contributed by atoms with E-state index in [9.17, 15) is 13.2 Å². The van der Waals surface area contributed by atoms with E-state index in [1.54, 1.807) is 17.4 Å². The highest BCUT2D eigenvalue weighted by molar-refractivity contribution is 7.13. The Kier molecular flexibility index (Phi) is 5.06. The molecule has 0 radical (unpaired) electrons. The maximum Gasteiger partial charge on any atom is 0.573 e. The molecule has 0 amide bonds. The molecule has 0 unspecified atom stereocenters. The lowest BCUT2D eigenvalue weighted by Gasteiger charge is -2.09. The van der Waals surface area contributed by atoms with E-state index in [0.717, 1.165) is 51.9 Å². The minimum absolute atomic E-state index is 0.201. The van der Waals surface area contributed by atoms with Gasteiger partial charge in [0.1, 0.15) is 5.75 Å². The number of nitrogens with two attached hydrogens (primary N) is 1. The maximum atomic E-state index is 12.5. The summed E-state index contributed by atoms with van der Waals surface area (Å²) < 4.78 is 41.6. The van der Waals surface area contributed by atoms with Gasteiger partial charge in [0.05, 0.1) is 10.6 Å². The van der Waals surface area contributed by atoms with Crippen molar-refractivity contribution in [3.8, 4) is 16.3 Å². The van der Waals surface area contributed by atoms with Crippen molar-refractivity contribution in [2.75, 3.05) is 6.54 Å². The molecule has 2 aromatic heterocycles. The van der Waals surface area contributed by atoms with E-state index in [0.29, 0.717) is 6.54 Å². The first kappa shape index (κ1) is 17.8. The average Bonchev–Trinajstić information content (AvgIpc) is 3.10. The van der Waals surface area contributed by atoms with Crippen molar-refractivity contribution >= 4 is 22.2 Å². The Hall–Kier alpha value is -1.99. The van der Waals surface area contributed by atoms with Crippen LogP contribution in [0.5, 0.6) is 5.75 Å². The van der Waals surface area contributed by atoms with Crippen LogP contribution in [0.2, 0.25) is 0 Å². The lowest BCUT2D eigenvalue weighted by Crippen LogP contribution is -2.16. The SMILES string of the molecule is Cc1csc(-c2[nH]c3ccc(OC(F)(F)F)cc3c2CCCCN)c1. The molecule has 0 aliphatic heterocycles. The Bertz CT molecular complexity index is 867. The van der Waals surface area contributed by atoms with Crippen LogP contribution in [0.4, 0.5) is 13.2 Å². The number of aromatic nitrogens is 1. The number of hydrogen-bond donors (Lipinski definition) is 2. The molecule has 7 heteroatoms. The lowest BCUT2D eigenvalue weighted by molar-refractivity contribution is -0.274. The molecule has 3 rings (SSSR count). The van der Waals surface area contributed by atoms with Gasteiger partial charge in [0.2, 0.25) is 0 Å². The summed E-state index contributed by atoms with van der Waals surface area (Å²) in [6.07, 6.45) is -2.20. The van der Waals surface area contributed by atoms with Crippen LogP contribution in [0.3, 0.4) is 0 Å². The number of halogens is 3. The van der Waals surface area contributed by atoms with Crippen LogP contribution in [0, 0.1) is 6.92 Å².